The van der Waals surface area contributed by atoms with Crippen LogP contribution in [0.2, 0.25) is 3.72 Å². The summed E-state index contributed by atoms with van der Waals surface area (Å²) in [7, 11) is 4.31. The Morgan fingerprint density at radius 3 is 2.00 bits per heavy atom. The summed E-state index contributed by atoms with van der Waals surface area (Å²) in [5, 5.41) is 0. The first kappa shape index (κ1) is 22.0. The molecule has 0 N–H and O–H groups in total. The van der Waals surface area contributed by atoms with Gasteiger partial charge >= 0.3 is 119 Å². The van der Waals surface area contributed by atoms with Gasteiger partial charge in [0.25, 0.3) is 0 Å². The fraction of sp³-hybridized carbons (Fsp3) is 0.733. The smallest absolute Gasteiger partial charge is 1.00 e. The van der Waals surface area contributed by atoms with E-state index in [1.807, 2.05) is 0 Å². The topological polar surface area (TPSA) is 3.24 Å². The van der Waals surface area contributed by atoms with Crippen LogP contribution >= 0.6 is 0 Å². The van der Waals surface area contributed by atoms with Gasteiger partial charge < -0.3 is 24.8 Å². The third-order valence-electron chi connectivity index (χ3n) is 3.49. The van der Waals surface area contributed by atoms with Crippen LogP contribution in [0, 0.1) is 11.8 Å². The van der Waals surface area contributed by atoms with Crippen molar-refractivity contribution in [3.63, 3.8) is 0 Å². The fourth-order valence-electron chi connectivity index (χ4n) is 2.35. The van der Waals surface area contributed by atoms with Crippen molar-refractivity contribution in [1.29, 1.82) is 0 Å². The van der Waals surface area contributed by atoms with E-state index in [0.717, 1.165) is 6.54 Å². The maximum atomic E-state index is 2.51. The molecule has 1 aliphatic rings. The maximum Gasteiger partial charge on any atom is -1.00 e. The number of allylic oxidation sites excluding steroid dienone is 4. The second kappa shape index (κ2) is 8.90. The van der Waals surface area contributed by atoms with Gasteiger partial charge in [-0.1, -0.05) is 0 Å². The Hall–Kier alpha value is 0.734. The summed E-state index contributed by atoms with van der Waals surface area (Å²) in [6.45, 7) is 10.4. The molecule has 0 aliphatic heterocycles. The van der Waals surface area contributed by atoms with Crippen molar-refractivity contribution in [3.05, 3.63) is 23.3 Å². The Morgan fingerprint density at radius 2 is 1.63 bits per heavy atom. The predicted octanol–water partition coefficient (Wildman–Crippen LogP) is -2.17. The molecular weight excluding hydrogens is 313 g/mol. The van der Waals surface area contributed by atoms with Crippen molar-refractivity contribution in [1.82, 2.24) is 4.90 Å². The van der Waals surface area contributed by atoms with Crippen molar-refractivity contribution >= 4 is 0 Å². The number of hydrogen-bond donors (Lipinski definition) is 0. The second-order valence-electron chi connectivity index (χ2n) is 6.08. The quantitative estimate of drug-likeness (QED) is 0.516. The van der Waals surface area contributed by atoms with E-state index in [1.165, 1.54) is 12.0 Å². The molecule has 0 fully saturated rings. The van der Waals surface area contributed by atoms with Crippen molar-refractivity contribution in [3.8, 4) is 0 Å². The summed E-state index contributed by atoms with van der Waals surface area (Å²) < 4.78 is 0.276. The normalized spacial score (nSPS) is 22.3. The molecule has 4 heteroatoms. The van der Waals surface area contributed by atoms with Gasteiger partial charge in [-0.25, -0.2) is 0 Å². The van der Waals surface area contributed by atoms with E-state index in [9.17, 15) is 0 Å². The average Bonchev–Trinajstić information content (AvgIpc) is 2.54. The van der Waals surface area contributed by atoms with Gasteiger partial charge in [0.2, 0.25) is 0 Å². The summed E-state index contributed by atoms with van der Waals surface area (Å²) in [6.07, 6.45) is 6.18. The Bertz CT molecular complexity index is 335. The molecule has 0 bridgehead atoms. The third-order valence-corrected chi connectivity index (χ3v) is 4.56. The van der Waals surface area contributed by atoms with E-state index >= 15 is 0 Å². The summed E-state index contributed by atoms with van der Waals surface area (Å²) in [5.74, 6) is 1.29. The van der Waals surface area contributed by atoms with Crippen LogP contribution in [0.1, 0.15) is 34.1 Å². The Balaban J connectivity index is 0. The van der Waals surface area contributed by atoms with Crippen LogP contribution in [0.4, 0.5) is 0 Å². The second-order valence-corrected chi connectivity index (χ2v) is 7.47. The van der Waals surface area contributed by atoms with E-state index in [4.69, 9.17) is 0 Å². The van der Waals surface area contributed by atoms with Crippen molar-refractivity contribution in [2.75, 3.05) is 20.6 Å². The summed E-state index contributed by atoms with van der Waals surface area (Å²) >= 11 is 2.40. The van der Waals surface area contributed by atoms with Gasteiger partial charge in [0.15, 0.2) is 0 Å². The minimum Gasteiger partial charge on any atom is -1.00 e. The molecule has 1 aliphatic carbocycles. The van der Waals surface area contributed by atoms with Gasteiger partial charge in [-0.2, -0.15) is 0 Å². The Labute approximate surface area is 143 Å². The van der Waals surface area contributed by atoms with Gasteiger partial charge in [0, 0.05) is 0 Å². The van der Waals surface area contributed by atoms with Crippen molar-refractivity contribution in [2.45, 2.75) is 37.8 Å². The zero-order chi connectivity index (χ0) is 13.2. The Morgan fingerprint density at radius 1 is 1.11 bits per heavy atom. The molecule has 1 unspecified atom stereocenters. The molecule has 1 nitrogen and oxygen atoms in total. The molecule has 0 saturated carbocycles. The number of hydrogen-bond acceptors (Lipinski definition) is 1. The molecule has 1 rings (SSSR count). The predicted molar refractivity (Wildman–Crippen MR) is 71.7 cm³/mol. The molecule has 0 amide bonds. The molecule has 19 heavy (non-hydrogen) atoms. The van der Waals surface area contributed by atoms with Crippen LogP contribution in [0.5, 0.6) is 0 Å². The standard InChI is InChI=1S/C15H26N.2ClH.Ti/c1-11(2)14-9-13(7-8-16(5)6)15(10-14)12(3)4;;;/h9-12H,7-8H2,1-6H3;2*1H;/q;;;+2/p-2. The Kier molecular flexibility index (Phi) is 10.3. The van der Waals surface area contributed by atoms with Crippen molar-refractivity contribution < 1.29 is 45.2 Å². The molecule has 0 saturated heterocycles. The molecule has 0 aromatic rings. The zero-order valence-corrected chi connectivity index (χ0v) is 16.0. The van der Waals surface area contributed by atoms with Gasteiger partial charge in [0.1, 0.15) is 0 Å². The van der Waals surface area contributed by atoms with E-state index < -0.39 is 0 Å². The van der Waals surface area contributed by atoms with E-state index in [-0.39, 0.29) is 28.5 Å². The third kappa shape index (κ3) is 5.93. The van der Waals surface area contributed by atoms with E-state index in [1.54, 1.807) is 5.57 Å². The molecule has 0 aromatic heterocycles. The van der Waals surface area contributed by atoms with Gasteiger partial charge in [-0.3, -0.25) is 0 Å². The van der Waals surface area contributed by atoms with Crippen LogP contribution < -0.4 is 24.8 Å². The van der Waals surface area contributed by atoms with Crippen molar-refractivity contribution in [2.24, 2.45) is 11.8 Å². The number of rotatable bonds is 5. The molecule has 0 aromatic carbocycles. The minimum absolute atomic E-state index is 0. The molecular formula is C15H26Cl2NTi. The first-order valence-electron chi connectivity index (χ1n) is 6.61. The molecule has 0 heterocycles. The van der Waals surface area contributed by atoms with Crippen LogP contribution in [-0.2, 0) is 20.4 Å². The largest absolute Gasteiger partial charge is 1.00 e. The fourth-order valence-corrected chi connectivity index (χ4v) is 3.35. The van der Waals surface area contributed by atoms with Crippen LogP contribution in [-0.4, -0.2) is 25.5 Å². The number of halogens is 2. The average molecular weight is 339 g/mol. The number of nitrogens with zero attached hydrogens (tertiary/aromatic N) is 1. The molecule has 1 atom stereocenters. The molecule has 0 radical (unpaired) electrons. The SMILES string of the molecule is CC(C)C1=C[C]([Ti+2])(CCN(C)C)C(C(C)C)=C1.[Cl-].[Cl-]. The first-order chi connectivity index (χ1) is 7.76. The summed E-state index contributed by atoms with van der Waals surface area (Å²) in [5.41, 5.74) is 3.14. The van der Waals surface area contributed by atoms with Gasteiger partial charge in [-0.05, 0) is 0 Å². The minimum atomic E-state index is 0. The van der Waals surface area contributed by atoms with E-state index in [2.05, 4.69) is 79.3 Å². The monoisotopic (exact) mass is 338 g/mol. The molecule has 0 spiro atoms. The van der Waals surface area contributed by atoms with E-state index in [0.29, 0.717) is 11.8 Å². The van der Waals surface area contributed by atoms with Crippen LogP contribution in [0.3, 0.4) is 0 Å². The zero-order valence-electron chi connectivity index (χ0n) is 12.9. The van der Waals surface area contributed by atoms with Gasteiger partial charge in [-0.15, -0.1) is 0 Å². The van der Waals surface area contributed by atoms with Crippen LogP contribution in [0.15, 0.2) is 23.3 Å². The summed E-state index contributed by atoms with van der Waals surface area (Å²) in [6, 6.07) is 0. The maximum absolute atomic E-state index is 2.51. The van der Waals surface area contributed by atoms with Crippen LogP contribution in [0.25, 0.3) is 0 Å². The summed E-state index contributed by atoms with van der Waals surface area (Å²) in [4.78, 5) is 2.28. The first-order valence-corrected chi connectivity index (χ1v) is 7.39. The molecule has 109 valence electrons. The van der Waals surface area contributed by atoms with Gasteiger partial charge in [0.05, 0.1) is 0 Å².